The molecule has 0 amide bonds. The summed E-state index contributed by atoms with van der Waals surface area (Å²) in [4.78, 5) is 11.4. The van der Waals surface area contributed by atoms with Gasteiger partial charge in [0.05, 0.1) is 20.6 Å². The molecule has 142 valence electrons. The molecule has 0 rings (SSSR count). The van der Waals surface area contributed by atoms with Gasteiger partial charge in [-0.15, -0.1) is 0 Å². The smallest absolute Gasteiger partial charge is 0.337 e. The number of rotatable bonds is 16. The molecule has 0 heterocycles. The van der Waals surface area contributed by atoms with E-state index in [1.165, 1.54) is 77.0 Å². The van der Waals surface area contributed by atoms with E-state index in [1.807, 2.05) is 0 Å². The summed E-state index contributed by atoms with van der Waals surface area (Å²) in [6.07, 6.45) is 16.4. The summed E-state index contributed by atoms with van der Waals surface area (Å²) in [5, 5.41) is 0. The summed E-state index contributed by atoms with van der Waals surface area (Å²) in [5.41, 5.74) is 0.473. The van der Waals surface area contributed by atoms with Gasteiger partial charge in [0.15, 0.2) is 0 Å². The normalized spacial score (nSPS) is 11.5. The molecule has 0 N–H and O–H groups in total. The Morgan fingerprint density at radius 2 is 1.25 bits per heavy atom. The minimum absolute atomic E-state index is 0.282. The predicted molar refractivity (Wildman–Crippen MR) is 104 cm³/mol. The van der Waals surface area contributed by atoms with Gasteiger partial charge in [0.1, 0.15) is 0 Å². The Labute approximate surface area is 151 Å². The molecule has 0 spiro atoms. The molecule has 0 aliphatic carbocycles. The highest BCUT2D eigenvalue weighted by atomic mass is 16.5. The van der Waals surface area contributed by atoms with Crippen molar-refractivity contribution in [3.8, 4) is 0 Å². The van der Waals surface area contributed by atoms with Crippen molar-refractivity contribution < 1.29 is 14.0 Å². The van der Waals surface area contributed by atoms with Gasteiger partial charge in [0.25, 0.3) is 0 Å². The number of hydrogen-bond acceptors (Lipinski definition) is 2. The van der Waals surface area contributed by atoms with Gasteiger partial charge in [-0.2, -0.15) is 0 Å². The first-order valence-corrected chi connectivity index (χ1v) is 10.0. The number of unbranched alkanes of at least 4 members (excludes halogenated alkanes) is 11. The van der Waals surface area contributed by atoms with Crippen LogP contribution in [0.2, 0.25) is 0 Å². The van der Waals surface area contributed by atoms with Gasteiger partial charge < -0.3 is 4.74 Å². The number of nitrogens with zero attached hydrogens (tertiary/aromatic N) is 1. The van der Waals surface area contributed by atoms with Crippen molar-refractivity contribution in [2.45, 2.75) is 90.9 Å². The number of ether oxygens (including phenoxy) is 1. The molecule has 0 saturated carbocycles. The SMILES string of the molecule is C=C(C)C(=O)OC[N+](C)(C)CCCCCCCCCCCCCC. The van der Waals surface area contributed by atoms with Crippen molar-refractivity contribution in [3.05, 3.63) is 12.2 Å². The van der Waals surface area contributed by atoms with Gasteiger partial charge in [-0.3, -0.25) is 4.48 Å². The Morgan fingerprint density at radius 1 is 0.833 bits per heavy atom. The lowest BCUT2D eigenvalue weighted by Crippen LogP contribution is -2.43. The largest absolute Gasteiger partial charge is 0.412 e. The van der Waals surface area contributed by atoms with Crippen LogP contribution in [0.25, 0.3) is 0 Å². The Balaban J connectivity index is 3.42. The average molecular weight is 341 g/mol. The molecule has 0 aromatic heterocycles. The highest BCUT2D eigenvalue weighted by Gasteiger charge is 2.17. The zero-order valence-electron chi connectivity index (χ0n) is 16.9. The van der Waals surface area contributed by atoms with E-state index < -0.39 is 0 Å². The average Bonchev–Trinajstić information content (AvgIpc) is 2.53. The van der Waals surface area contributed by atoms with Gasteiger partial charge in [-0.1, -0.05) is 77.7 Å². The van der Waals surface area contributed by atoms with E-state index in [4.69, 9.17) is 4.74 Å². The van der Waals surface area contributed by atoms with E-state index in [0.29, 0.717) is 12.3 Å². The third-order valence-electron chi connectivity index (χ3n) is 4.51. The number of carbonyl (C=O) groups excluding carboxylic acids is 1. The fourth-order valence-electron chi connectivity index (χ4n) is 2.80. The molecule has 0 fully saturated rings. The first-order chi connectivity index (χ1) is 11.4. The summed E-state index contributed by atoms with van der Waals surface area (Å²) < 4.78 is 5.99. The van der Waals surface area contributed by atoms with Gasteiger partial charge in [-0.05, 0) is 19.8 Å². The standard InChI is InChI=1S/C21H42NO2/c1-6-7-8-9-10-11-12-13-14-15-16-17-18-22(4,5)19-24-21(23)20(2)3/h2,6-19H2,1,3-5H3/q+1. The maximum Gasteiger partial charge on any atom is 0.337 e. The van der Waals surface area contributed by atoms with Gasteiger partial charge in [-0.25, -0.2) is 4.79 Å². The lowest BCUT2D eigenvalue weighted by atomic mass is 10.1. The van der Waals surface area contributed by atoms with Crippen LogP contribution in [0, 0.1) is 0 Å². The van der Waals surface area contributed by atoms with Crippen molar-refractivity contribution in [1.29, 1.82) is 0 Å². The molecule has 0 atom stereocenters. The molecule has 3 heteroatoms. The molecule has 0 aromatic rings. The van der Waals surface area contributed by atoms with Crippen LogP contribution in [-0.2, 0) is 9.53 Å². The number of esters is 1. The molecular formula is C21H42NO2+. The molecule has 24 heavy (non-hydrogen) atoms. The maximum atomic E-state index is 11.4. The zero-order valence-corrected chi connectivity index (χ0v) is 16.9. The minimum atomic E-state index is -0.282. The van der Waals surface area contributed by atoms with Crippen LogP contribution < -0.4 is 0 Å². The molecule has 0 saturated heterocycles. The Bertz CT molecular complexity index is 337. The molecule has 0 radical (unpaired) electrons. The lowest BCUT2D eigenvalue weighted by molar-refractivity contribution is -0.907. The quantitative estimate of drug-likeness (QED) is 0.116. The van der Waals surface area contributed by atoms with E-state index in [2.05, 4.69) is 27.6 Å². The van der Waals surface area contributed by atoms with Crippen LogP contribution in [0.3, 0.4) is 0 Å². The molecule has 0 bridgehead atoms. The van der Waals surface area contributed by atoms with E-state index in [-0.39, 0.29) is 5.97 Å². The van der Waals surface area contributed by atoms with Crippen molar-refractivity contribution in [3.63, 3.8) is 0 Å². The van der Waals surface area contributed by atoms with Crippen LogP contribution in [-0.4, -0.2) is 37.8 Å². The summed E-state index contributed by atoms with van der Waals surface area (Å²) in [6, 6.07) is 0. The van der Waals surface area contributed by atoms with E-state index in [0.717, 1.165) is 11.0 Å². The second kappa shape index (κ2) is 14.5. The highest BCUT2D eigenvalue weighted by molar-refractivity contribution is 5.86. The fourth-order valence-corrected chi connectivity index (χ4v) is 2.80. The molecule has 0 aliphatic rings. The Hall–Kier alpha value is -0.830. The molecule has 3 nitrogen and oxygen atoms in total. The molecule has 0 unspecified atom stereocenters. The first kappa shape index (κ1) is 23.2. The zero-order chi connectivity index (χ0) is 18.3. The second-order valence-electron chi connectivity index (χ2n) is 7.89. The number of quaternary nitrogens is 1. The fraction of sp³-hybridized carbons (Fsp3) is 0.857. The van der Waals surface area contributed by atoms with E-state index in [1.54, 1.807) is 6.92 Å². The summed E-state index contributed by atoms with van der Waals surface area (Å²) in [5.74, 6) is -0.282. The Morgan fingerprint density at radius 3 is 1.67 bits per heavy atom. The molecule has 0 aliphatic heterocycles. The second-order valence-corrected chi connectivity index (χ2v) is 7.89. The summed E-state index contributed by atoms with van der Waals surface area (Å²) in [6.45, 7) is 9.06. The first-order valence-electron chi connectivity index (χ1n) is 10.0. The van der Waals surface area contributed by atoms with Crippen LogP contribution >= 0.6 is 0 Å². The van der Waals surface area contributed by atoms with Crippen molar-refractivity contribution in [1.82, 2.24) is 0 Å². The van der Waals surface area contributed by atoms with E-state index >= 15 is 0 Å². The number of hydrogen-bond donors (Lipinski definition) is 0. The van der Waals surface area contributed by atoms with Crippen LogP contribution in [0.15, 0.2) is 12.2 Å². The Kier molecular flexibility index (Phi) is 14.0. The summed E-state index contributed by atoms with van der Waals surface area (Å²) in [7, 11) is 4.23. The van der Waals surface area contributed by atoms with Crippen LogP contribution in [0.4, 0.5) is 0 Å². The van der Waals surface area contributed by atoms with Crippen molar-refractivity contribution in [2.24, 2.45) is 0 Å². The third kappa shape index (κ3) is 14.7. The van der Waals surface area contributed by atoms with Gasteiger partial charge in [0, 0.05) is 5.57 Å². The number of carbonyl (C=O) groups is 1. The topological polar surface area (TPSA) is 26.3 Å². The van der Waals surface area contributed by atoms with Crippen LogP contribution in [0.5, 0.6) is 0 Å². The molecular weight excluding hydrogens is 298 g/mol. The van der Waals surface area contributed by atoms with Crippen molar-refractivity contribution >= 4 is 5.97 Å². The maximum absolute atomic E-state index is 11.4. The highest BCUT2D eigenvalue weighted by Crippen LogP contribution is 2.12. The van der Waals surface area contributed by atoms with E-state index in [9.17, 15) is 4.79 Å². The predicted octanol–water partition coefficient (Wildman–Crippen LogP) is 5.84. The monoisotopic (exact) mass is 340 g/mol. The summed E-state index contributed by atoms with van der Waals surface area (Å²) >= 11 is 0. The third-order valence-corrected chi connectivity index (χ3v) is 4.51. The van der Waals surface area contributed by atoms with Gasteiger partial charge >= 0.3 is 5.97 Å². The van der Waals surface area contributed by atoms with Gasteiger partial charge in [0.2, 0.25) is 6.73 Å². The molecule has 0 aromatic carbocycles. The minimum Gasteiger partial charge on any atom is -0.412 e. The van der Waals surface area contributed by atoms with Crippen molar-refractivity contribution in [2.75, 3.05) is 27.4 Å². The lowest BCUT2D eigenvalue weighted by Gasteiger charge is -2.28. The van der Waals surface area contributed by atoms with Crippen LogP contribution in [0.1, 0.15) is 90.9 Å².